The van der Waals surface area contributed by atoms with Crippen molar-refractivity contribution in [3.8, 4) is 5.75 Å². The van der Waals surface area contributed by atoms with E-state index >= 15 is 0 Å². The number of carbonyl (C=O) groups is 1. The van der Waals surface area contributed by atoms with Gasteiger partial charge in [0.15, 0.2) is 0 Å². The highest BCUT2D eigenvalue weighted by Crippen LogP contribution is 2.21. The van der Waals surface area contributed by atoms with Crippen LogP contribution in [0.1, 0.15) is 28.4 Å². The molecule has 3 aromatic carbocycles. The summed E-state index contributed by atoms with van der Waals surface area (Å²) in [4.78, 5) is 12.3. The molecule has 0 fully saturated rings. The molecule has 4 aromatic rings. The van der Waals surface area contributed by atoms with Crippen molar-refractivity contribution in [2.45, 2.75) is 13.5 Å². The Morgan fingerprint density at radius 2 is 1.73 bits per heavy atom. The largest absolute Gasteiger partial charge is 0.494 e. The van der Waals surface area contributed by atoms with Crippen molar-refractivity contribution >= 4 is 23.0 Å². The van der Waals surface area contributed by atoms with Crippen LogP contribution < -0.4 is 10.2 Å². The Balaban J connectivity index is 1.50. The van der Waals surface area contributed by atoms with Gasteiger partial charge in [0.1, 0.15) is 5.75 Å². The van der Waals surface area contributed by atoms with Crippen LogP contribution in [0.15, 0.2) is 90.2 Å². The van der Waals surface area contributed by atoms with Crippen LogP contribution in [0, 0.1) is 0 Å². The predicted molar refractivity (Wildman–Crippen MR) is 120 cm³/mol. The molecule has 1 N–H and O–H groups in total. The minimum absolute atomic E-state index is 0.262. The number of nitrogens with one attached hydrogen (secondary N) is 1. The fourth-order valence-corrected chi connectivity index (χ4v) is 3.38. The van der Waals surface area contributed by atoms with Crippen molar-refractivity contribution in [3.05, 3.63) is 102 Å². The molecule has 150 valence electrons. The summed E-state index contributed by atoms with van der Waals surface area (Å²) in [6, 6.07) is 25.5. The number of hydrogen-bond acceptors (Lipinski definition) is 3. The molecule has 0 radical (unpaired) electrons. The first-order chi connectivity index (χ1) is 14.7. The van der Waals surface area contributed by atoms with Crippen LogP contribution >= 0.6 is 0 Å². The number of aromatic nitrogens is 1. The molecule has 0 unspecified atom stereocenters. The van der Waals surface area contributed by atoms with Gasteiger partial charge < -0.3 is 9.30 Å². The summed E-state index contributed by atoms with van der Waals surface area (Å²) in [6.45, 7) is 3.29. The summed E-state index contributed by atoms with van der Waals surface area (Å²) in [5.74, 6) is 0.478. The first-order valence-corrected chi connectivity index (χ1v) is 9.92. The van der Waals surface area contributed by atoms with E-state index in [0.29, 0.717) is 12.2 Å². The summed E-state index contributed by atoms with van der Waals surface area (Å²) in [6.07, 6.45) is 3.75. The Labute approximate surface area is 175 Å². The summed E-state index contributed by atoms with van der Waals surface area (Å²) in [5.41, 5.74) is 6.44. The number of benzene rings is 3. The highest BCUT2D eigenvalue weighted by molar-refractivity contribution is 6.00. The van der Waals surface area contributed by atoms with E-state index in [9.17, 15) is 4.79 Å². The highest BCUT2D eigenvalue weighted by Gasteiger charge is 2.08. The van der Waals surface area contributed by atoms with Crippen molar-refractivity contribution in [3.63, 3.8) is 0 Å². The van der Waals surface area contributed by atoms with Gasteiger partial charge in [-0.3, -0.25) is 4.79 Å². The normalized spacial score (nSPS) is 11.1. The quantitative estimate of drug-likeness (QED) is 0.358. The van der Waals surface area contributed by atoms with Crippen molar-refractivity contribution < 1.29 is 9.53 Å². The topological polar surface area (TPSA) is 55.6 Å². The van der Waals surface area contributed by atoms with E-state index < -0.39 is 0 Å². The third-order valence-electron chi connectivity index (χ3n) is 4.81. The molecule has 0 aliphatic carbocycles. The lowest BCUT2D eigenvalue weighted by atomic mass is 10.2. The first-order valence-electron chi connectivity index (χ1n) is 9.92. The van der Waals surface area contributed by atoms with Gasteiger partial charge in [0.2, 0.25) is 0 Å². The monoisotopic (exact) mass is 397 g/mol. The maximum Gasteiger partial charge on any atom is 0.271 e. The highest BCUT2D eigenvalue weighted by atomic mass is 16.5. The van der Waals surface area contributed by atoms with Gasteiger partial charge in [-0.2, -0.15) is 5.10 Å². The van der Waals surface area contributed by atoms with Gasteiger partial charge >= 0.3 is 0 Å². The molecule has 1 aromatic heterocycles. The Morgan fingerprint density at radius 1 is 1.00 bits per heavy atom. The van der Waals surface area contributed by atoms with E-state index in [1.807, 2.05) is 37.3 Å². The molecular formula is C25H23N3O2. The van der Waals surface area contributed by atoms with Crippen LogP contribution in [0.5, 0.6) is 5.75 Å². The third kappa shape index (κ3) is 4.41. The molecule has 5 nitrogen and oxygen atoms in total. The Morgan fingerprint density at radius 3 is 2.50 bits per heavy atom. The van der Waals surface area contributed by atoms with Gasteiger partial charge in [-0.1, -0.05) is 48.5 Å². The lowest BCUT2D eigenvalue weighted by Gasteiger charge is -2.05. The van der Waals surface area contributed by atoms with E-state index in [4.69, 9.17) is 4.74 Å². The second-order valence-corrected chi connectivity index (χ2v) is 6.87. The second-order valence-electron chi connectivity index (χ2n) is 6.87. The van der Waals surface area contributed by atoms with Gasteiger partial charge in [0, 0.05) is 34.8 Å². The number of para-hydroxylation sites is 1. The number of rotatable bonds is 7. The van der Waals surface area contributed by atoms with E-state index in [0.717, 1.165) is 28.8 Å². The van der Waals surface area contributed by atoms with Gasteiger partial charge in [0.25, 0.3) is 5.91 Å². The summed E-state index contributed by atoms with van der Waals surface area (Å²) in [7, 11) is 0. The minimum atomic E-state index is -0.262. The number of amides is 1. The number of ether oxygens (including phenoxy) is 1. The maximum absolute atomic E-state index is 12.3. The number of hydrazone groups is 1. The molecule has 0 aliphatic heterocycles. The predicted octanol–water partition coefficient (Wildman–Crippen LogP) is 4.85. The van der Waals surface area contributed by atoms with Gasteiger partial charge in [0.05, 0.1) is 12.8 Å². The zero-order chi connectivity index (χ0) is 20.8. The van der Waals surface area contributed by atoms with Crippen molar-refractivity contribution in [2.24, 2.45) is 5.10 Å². The molecule has 0 aliphatic rings. The first kappa shape index (κ1) is 19.5. The van der Waals surface area contributed by atoms with Gasteiger partial charge in [-0.05, 0) is 42.8 Å². The molecule has 30 heavy (non-hydrogen) atoms. The van der Waals surface area contributed by atoms with Crippen molar-refractivity contribution in [1.29, 1.82) is 0 Å². The molecule has 0 bridgehead atoms. The summed E-state index contributed by atoms with van der Waals surface area (Å²) in [5, 5.41) is 5.27. The van der Waals surface area contributed by atoms with Crippen LogP contribution in [0.4, 0.5) is 0 Å². The maximum atomic E-state index is 12.3. The third-order valence-corrected chi connectivity index (χ3v) is 4.81. The zero-order valence-corrected chi connectivity index (χ0v) is 16.8. The number of hydrogen-bond donors (Lipinski definition) is 1. The lowest BCUT2D eigenvalue weighted by Crippen LogP contribution is -2.17. The van der Waals surface area contributed by atoms with Gasteiger partial charge in [-0.25, -0.2) is 5.43 Å². The number of nitrogens with zero attached hydrogens (tertiary/aromatic N) is 2. The van der Waals surface area contributed by atoms with E-state index in [1.54, 1.807) is 30.5 Å². The molecule has 5 heteroatoms. The molecule has 0 saturated carbocycles. The average molecular weight is 397 g/mol. The fourth-order valence-electron chi connectivity index (χ4n) is 3.38. The van der Waals surface area contributed by atoms with Crippen molar-refractivity contribution in [2.75, 3.05) is 6.61 Å². The SMILES string of the molecule is CCOc1ccc(C(=O)N/N=C\c2cn(Cc3ccccc3)c3ccccc23)cc1. The Bertz CT molecular complexity index is 1160. The van der Waals surface area contributed by atoms with Crippen LogP contribution in [-0.2, 0) is 6.54 Å². The van der Waals surface area contributed by atoms with E-state index in [2.05, 4.69) is 45.6 Å². The number of carbonyl (C=O) groups excluding carboxylic acids is 1. The van der Waals surface area contributed by atoms with Crippen LogP contribution in [0.25, 0.3) is 10.9 Å². The fraction of sp³-hybridized carbons (Fsp3) is 0.120. The molecule has 0 spiro atoms. The van der Waals surface area contributed by atoms with E-state index in [1.165, 1.54) is 5.56 Å². The molecular weight excluding hydrogens is 374 g/mol. The molecule has 0 atom stereocenters. The second kappa shape index (κ2) is 9.09. The molecule has 1 amide bonds. The van der Waals surface area contributed by atoms with E-state index in [-0.39, 0.29) is 5.91 Å². The van der Waals surface area contributed by atoms with Crippen LogP contribution in [0.3, 0.4) is 0 Å². The van der Waals surface area contributed by atoms with Crippen LogP contribution in [0.2, 0.25) is 0 Å². The van der Waals surface area contributed by atoms with Crippen molar-refractivity contribution in [1.82, 2.24) is 9.99 Å². The lowest BCUT2D eigenvalue weighted by molar-refractivity contribution is 0.0955. The summed E-state index contributed by atoms with van der Waals surface area (Å²) < 4.78 is 7.60. The number of fused-ring (bicyclic) bond motifs is 1. The Hall–Kier alpha value is -3.86. The molecule has 1 heterocycles. The molecule has 0 saturated heterocycles. The zero-order valence-electron chi connectivity index (χ0n) is 16.8. The van der Waals surface area contributed by atoms with Crippen LogP contribution in [-0.4, -0.2) is 23.3 Å². The Kier molecular flexibility index (Phi) is 5.90. The van der Waals surface area contributed by atoms with Gasteiger partial charge in [-0.15, -0.1) is 0 Å². The summed E-state index contributed by atoms with van der Waals surface area (Å²) >= 11 is 0. The standard InChI is InChI=1S/C25H23N3O2/c1-2-30-22-14-12-20(13-15-22)25(29)27-26-16-21-18-28(17-19-8-4-3-5-9-19)24-11-7-6-10-23(21)24/h3-16,18H,2,17H2,1H3,(H,27,29)/b26-16-. The average Bonchev–Trinajstić information content (AvgIpc) is 3.13. The minimum Gasteiger partial charge on any atom is -0.494 e. The molecule has 4 rings (SSSR count). The smallest absolute Gasteiger partial charge is 0.271 e.